The average Bonchev–Trinajstić information content (AvgIpc) is 3.66. The third-order valence-corrected chi connectivity index (χ3v) is 11.6. The van der Waals surface area contributed by atoms with Crippen LogP contribution in [0, 0.1) is 0 Å². The van der Waals surface area contributed by atoms with Crippen molar-refractivity contribution in [1.82, 2.24) is 9.97 Å². The van der Waals surface area contributed by atoms with Gasteiger partial charge in [-0.15, -0.1) is 11.3 Å². The van der Waals surface area contributed by atoms with Crippen LogP contribution in [-0.2, 0) is 0 Å². The fraction of sp³-hybridized carbons (Fsp3) is 0.0185. The van der Waals surface area contributed by atoms with Gasteiger partial charge in [-0.1, -0.05) is 165 Å². The van der Waals surface area contributed by atoms with E-state index < -0.39 is 0 Å². The van der Waals surface area contributed by atoms with Gasteiger partial charge in [0.25, 0.3) is 0 Å². The van der Waals surface area contributed by atoms with Gasteiger partial charge in [0.2, 0.25) is 0 Å². The molecule has 0 aliphatic rings. The lowest BCUT2D eigenvalue weighted by atomic mass is 9.91. The van der Waals surface area contributed by atoms with E-state index in [1.165, 1.54) is 26.2 Å². The minimum Gasteiger partial charge on any atom is -0.248 e. The van der Waals surface area contributed by atoms with Gasteiger partial charge >= 0.3 is 0 Å². The van der Waals surface area contributed by atoms with Gasteiger partial charge in [-0.3, -0.25) is 0 Å². The molecule has 276 valence electrons. The molecule has 9 aromatic rings. The van der Waals surface area contributed by atoms with Gasteiger partial charge < -0.3 is 0 Å². The van der Waals surface area contributed by atoms with Crippen molar-refractivity contribution >= 4 is 64.6 Å². The first-order valence-corrected chi connectivity index (χ1v) is 20.1. The quantitative estimate of drug-likeness (QED) is 0.0791. The third kappa shape index (κ3) is 6.91. The van der Waals surface area contributed by atoms with Crippen molar-refractivity contribution in [2.75, 3.05) is 0 Å². The molecule has 0 unspecified atom stereocenters. The molecular formula is C54H39N3S. The predicted octanol–water partition coefficient (Wildman–Crippen LogP) is 14.9. The third-order valence-electron chi connectivity index (χ3n) is 10.5. The molecule has 9 rings (SSSR count). The highest BCUT2D eigenvalue weighted by atomic mass is 32.1. The Labute approximate surface area is 342 Å². The Morgan fingerprint density at radius 2 is 1.28 bits per heavy atom. The van der Waals surface area contributed by atoms with E-state index in [-0.39, 0.29) is 0 Å². The summed E-state index contributed by atoms with van der Waals surface area (Å²) in [5, 5.41) is 6.99. The molecule has 0 saturated carbocycles. The maximum atomic E-state index is 5.40. The fourth-order valence-corrected chi connectivity index (χ4v) is 8.78. The standard InChI is InChI=1S/C54H39N3S/c1-5-19-37(6-2)35(3)30-49(38-20-9-7-10-21-38)55-36(4)41-31-42(48-34-40-24-13-14-25-44(40)45-26-15-16-27-46(45)48)33-43(32-41)53-56-52(39-22-11-8-12-23-39)51-47-28-17-18-29-50(47)58-54(51)57-53/h5-34H,1-2,4H2,3H3/b35-30+,37-19+,55-49?. The number of allylic oxidation sites excluding steroid dienone is 6. The normalized spacial score (nSPS) is 12.4. The topological polar surface area (TPSA) is 38.1 Å². The van der Waals surface area contributed by atoms with E-state index in [9.17, 15) is 0 Å². The predicted molar refractivity (Wildman–Crippen MR) is 250 cm³/mol. The largest absolute Gasteiger partial charge is 0.248 e. The Balaban J connectivity index is 1.31. The highest BCUT2D eigenvalue weighted by Crippen LogP contribution is 2.41. The minimum atomic E-state index is 0.621. The molecule has 0 aliphatic heterocycles. The van der Waals surface area contributed by atoms with Crippen LogP contribution in [-0.4, -0.2) is 15.7 Å². The minimum absolute atomic E-state index is 0.621. The molecule has 0 bridgehead atoms. The van der Waals surface area contributed by atoms with Crippen LogP contribution in [0.2, 0.25) is 0 Å². The second kappa shape index (κ2) is 15.7. The fourth-order valence-electron chi connectivity index (χ4n) is 7.70. The summed E-state index contributed by atoms with van der Waals surface area (Å²) < 4.78 is 1.18. The summed E-state index contributed by atoms with van der Waals surface area (Å²) in [5.74, 6) is 0.645. The zero-order valence-electron chi connectivity index (χ0n) is 32.2. The molecule has 0 fully saturated rings. The Morgan fingerprint density at radius 1 is 0.621 bits per heavy atom. The van der Waals surface area contributed by atoms with Crippen molar-refractivity contribution in [3.05, 3.63) is 224 Å². The highest BCUT2D eigenvalue weighted by Gasteiger charge is 2.19. The van der Waals surface area contributed by atoms with Gasteiger partial charge in [0.05, 0.1) is 17.1 Å². The number of rotatable bonds is 10. The number of thiophene rings is 1. The van der Waals surface area contributed by atoms with E-state index in [1.54, 1.807) is 17.4 Å². The summed E-state index contributed by atoms with van der Waals surface area (Å²) in [4.78, 5) is 16.9. The van der Waals surface area contributed by atoms with Crippen LogP contribution in [0.3, 0.4) is 0 Å². The van der Waals surface area contributed by atoms with Crippen LogP contribution in [0.5, 0.6) is 0 Å². The van der Waals surface area contributed by atoms with Crippen LogP contribution < -0.4 is 0 Å². The van der Waals surface area contributed by atoms with E-state index in [0.717, 1.165) is 71.5 Å². The maximum Gasteiger partial charge on any atom is 0.161 e. The Bertz CT molecular complexity index is 3160. The molecule has 0 radical (unpaired) electrons. The first-order chi connectivity index (χ1) is 28.5. The summed E-state index contributed by atoms with van der Waals surface area (Å²) in [6, 6.07) is 55.2. The van der Waals surface area contributed by atoms with E-state index in [4.69, 9.17) is 15.0 Å². The number of nitrogens with zero attached hydrogens (tertiary/aromatic N) is 3. The van der Waals surface area contributed by atoms with Crippen molar-refractivity contribution in [2.24, 2.45) is 4.99 Å². The second-order valence-electron chi connectivity index (χ2n) is 14.2. The molecule has 3 nitrogen and oxygen atoms in total. The molecule has 0 atom stereocenters. The molecule has 4 heteroatoms. The molecule has 0 saturated heterocycles. The van der Waals surface area contributed by atoms with Crippen LogP contribution >= 0.6 is 11.3 Å². The molecule has 7 aromatic carbocycles. The first-order valence-electron chi connectivity index (χ1n) is 19.3. The van der Waals surface area contributed by atoms with Crippen molar-refractivity contribution < 1.29 is 0 Å². The number of benzene rings is 7. The highest BCUT2D eigenvalue weighted by molar-refractivity contribution is 7.25. The number of aliphatic imine (C=N–C) groups is 1. The van der Waals surface area contributed by atoms with Crippen LogP contribution in [0.25, 0.3) is 81.3 Å². The van der Waals surface area contributed by atoms with Gasteiger partial charge in [-0.25, -0.2) is 15.0 Å². The SMILES string of the molecule is C=C/C=C(C=C)/C(C)=C/C(=NC(=C)c1cc(-c2nc(-c3ccccc3)c3c(n2)sc2ccccc23)cc(-c2cc3ccccc3c3ccccc23)c1)c1ccccc1. The summed E-state index contributed by atoms with van der Waals surface area (Å²) in [7, 11) is 0. The monoisotopic (exact) mass is 761 g/mol. The number of fused-ring (bicyclic) bond motifs is 6. The molecule has 0 amide bonds. The molecular weight excluding hydrogens is 723 g/mol. The molecule has 2 heterocycles. The second-order valence-corrected chi connectivity index (χ2v) is 15.3. The lowest BCUT2D eigenvalue weighted by Gasteiger charge is -2.15. The van der Waals surface area contributed by atoms with E-state index in [2.05, 4.69) is 166 Å². The lowest BCUT2D eigenvalue weighted by molar-refractivity contribution is 1.24. The van der Waals surface area contributed by atoms with Gasteiger partial charge in [0, 0.05) is 37.7 Å². The Hall–Kier alpha value is -7.27. The molecule has 0 N–H and O–H groups in total. The molecule has 58 heavy (non-hydrogen) atoms. The van der Waals surface area contributed by atoms with E-state index in [0.29, 0.717) is 11.5 Å². The Kier molecular flexibility index (Phi) is 9.85. The van der Waals surface area contributed by atoms with Gasteiger partial charge in [0.15, 0.2) is 5.82 Å². The smallest absolute Gasteiger partial charge is 0.161 e. The van der Waals surface area contributed by atoms with Crippen LogP contribution in [0.15, 0.2) is 218 Å². The van der Waals surface area contributed by atoms with Crippen molar-refractivity contribution in [1.29, 1.82) is 0 Å². The zero-order valence-corrected chi connectivity index (χ0v) is 33.0. The van der Waals surface area contributed by atoms with Gasteiger partial charge in [0.1, 0.15) is 4.83 Å². The summed E-state index contributed by atoms with van der Waals surface area (Å²) >= 11 is 1.70. The maximum absolute atomic E-state index is 5.40. The molecule has 0 aliphatic carbocycles. The van der Waals surface area contributed by atoms with Crippen molar-refractivity contribution in [2.45, 2.75) is 6.92 Å². The zero-order chi connectivity index (χ0) is 39.6. The molecule has 2 aromatic heterocycles. The number of hydrogen-bond donors (Lipinski definition) is 0. The summed E-state index contributed by atoms with van der Waals surface area (Å²) in [5.41, 5.74) is 10.2. The average molecular weight is 762 g/mol. The lowest BCUT2D eigenvalue weighted by Crippen LogP contribution is -2.00. The summed E-state index contributed by atoms with van der Waals surface area (Å²) in [6.45, 7) is 14.6. The van der Waals surface area contributed by atoms with E-state index in [1.807, 2.05) is 36.4 Å². The van der Waals surface area contributed by atoms with Crippen LogP contribution in [0.4, 0.5) is 0 Å². The van der Waals surface area contributed by atoms with Crippen LogP contribution in [0.1, 0.15) is 18.1 Å². The van der Waals surface area contributed by atoms with Crippen molar-refractivity contribution in [3.8, 4) is 33.8 Å². The molecule has 0 spiro atoms. The number of aromatic nitrogens is 2. The number of hydrogen-bond acceptors (Lipinski definition) is 4. The van der Waals surface area contributed by atoms with Gasteiger partial charge in [-0.2, -0.15) is 0 Å². The van der Waals surface area contributed by atoms with E-state index >= 15 is 0 Å². The summed E-state index contributed by atoms with van der Waals surface area (Å²) in [6.07, 6.45) is 7.66. The van der Waals surface area contributed by atoms with Gasteiger partial charge in [-0.05, 0) is 87.1 Å². The first kappa shape index (κ1) is 36.4. The van der Waals surface area contributed by atoms with Crippen molar-refractivity contribution in [3.63, 3.8) is 0 Å². The Morgan fingerprint density at radius 3 is 2.03 bits per heavy atom.